The summed E-state index contributed by atoms with van der Waals surface area (Å²) in [6.07, 6.45) is 0. The van der Waals surface area contributed by atoms with Crippen molar-refractivity contribution >= 4 is 54.6 Å². The molecule has 1 saturated heterocycles. The Morgan fingerprint density at radius 1 is 1.15 bits per heavy atom. The second kappa shape index (κ2) is 6.99. The van der Waals surface area contributed by atoms with Gasteiger partial charge in [0.2, 0.25) is 9.84 Å². The van der Waals surface area contributed by atoms with Crippen molar-refractivity contribution in [1.82, 2.24) is 5.32 Å². The number of carbonyl (C=O) groups excluding carboxylic acids is 1. The summed E-state index contributed by atoms with van der Waals surface area (Å²) in [7, 11) is -3.95. The number of carbonyl (C=O) groups is 1. The minimum atomic E-state index is -3.95. The predicted octanol–water partition coefficient (Wildman–Crippen LogP) is 2.78. The van der Waals surface area contributed by atoms with E-state index in [4.69, 9.17) is 17.0 Å². The number of amides is 1. The fourth-order valence-electron chi connectivity index (χ4n) is 2.87. The normalized spacial score (nSPS) is 18.2. The van der Waals surface area contributed by atoms with Crippen molar-refractivity contribution in [2.45, 2.75) is 4.90 Å². The van der Waals surface area contributed by atoms with Gasteiger partial charge in [-0.2, -0.15) is 0 Å². The minimum absolute atomic E-state index is 0.0637. The van der Waals surface area contributed by atoms with E-state index in [-0.39, 0.29) is 19.0 Å². The van der Waals surface area contributed by atoms with E-state index >= 15 is 0 Å². The van der Waals surface area contributed by atoms with E-state index in [0.717, 1.165) is 11.8 Å². The summed E-state index contributed by atoms with van der Waals surface area (Å²) in [5.74, 6) is 0.131. The molecule has 0 atom stereocenters. The highest BCUT2D eigenvalue weighted by Gasteiger charge is 2.34. The summed E-state index contributed by atoms with van der Waals surface area (Å²) in [5.41, 5.74) is 1.09. The van der Waals surface area contributed by atoms with Crippen molar-refractivity contribution in [1.29, 1.82) is 0 Å². The van der Waals surface area contributed by atoms with E-state index in [1.165, 1.54) is 12.1 Å². The molecule has 138 valence electrons. The van der Waals surface area contributed by atoms with Gasteiger partial charge >= 0.3 is 0 Å². The Balaban J connectivity index is 1.95. The number of hydrogen-bond acceptors (Lipinski definition) is 7. The fraction of sp³-hybridized carbons (Fsp3) is 0.111. The lowest BCUT2D eigenvalue weighted by atomic mass is 10.1. The Bertz CT molecular complexity index is 1080. The maximum absolute atomic E-state index is 13.4. The molecule has 0 bridgehead atoms. The summed E-state index contributed by atoms with van der Waals surface area (Å²) in [5, 5.41) is 5.68. The molecular formula is C18H14N2O4S3. The molecule has 9 heteroatoms. The average Bonchev–Trinajstić information content (AvgIpc) is 3.00. The van der Waals surface area contributed by atoms with Crippen molar-refractivity contribution in [2.75, 3.05) is 18.5 Å². The predicted molar refractivity (Wildman–Crippen MR) is 109 cm³/mol. The molecule has 0 radical (unpaired) electrons. The summed E-state index contributed by atoms with van der Waals surface area (Å²) in [6.45, 7) is 1.16. The fourth-order valence-corrected chi connectivity index (χ4v) is 5.88. The first kappa shape index (κ1) is 18.0. The molecule has 6 nitrogen and oxygen atoms in total. The molecule has 0 aliphatic carbocycles. The van der Waals surface area contributed by atoms with Crippen molar-refractivity contribution in [3.8, 4) is 5.75 Å². The van der Waals surface area contributed by atoms with E-state index in [0.29, 0.717) is 30.2 Å². The first-order valence-corrected chi connectivity index (χ1v) is 10.8. The van der Waals surface area contributed by atoms with Crippen LogP contribution < -0.4 is 15.4 Å². The van der Waals surface area contributed by atoms with Crippen LogP contribution in [0.3, 0.4) is 0 Å². The number of benzene rings is 2. The molecule has 0 spiro atoms. The van der Waals surface area contributed by atoms with Crippen molar-refractivity contribution in [3.63, 3.8) is 0 Å². The zero-order valence-electron chi connectivity index (χ0n) is 13.9. The maximum atomic E-state index is 13.4. The van der Waals surface area contributed by atoms with Crippen molar-refractivity contribution < 1.29 is 17.9 Å². The zero-order chi connectivity index (χ0) is 19.0. The quantitative estimate of drug-likeness (QED) is 0.586. The highest BCUT2D eigenvalue weighted by Crippen LogP contribution is 2.40. The molecule has 2 aliphatic rings. The molecule has 4 rings (SSSR count). The Morgan fingerprint density at radius 2 is 1.93 bits per heavy atom. The lowest BCUT2D eigenvalue weighted by Crippen LogP contribution is -2.20. The van der Waals surface area contributed by atoms with Crippen molar-refractivity contribution in [3.05, 3.63) is 59.0 Å². The van der Waals surface area contributed by atoms with Gasteiger partial charge in [-0.05, 0) is 35.9 Å². The number of thiocarbonyl (C=S) groups is 1. The Kier molecular flexibility index (Phi) is 4.67. The minimum Gasteiger partial charge on any atom is -0.490 e. The first-order valence-electron chi connectivity index (χ1n) is 8.05. The van der Waals surface area contributed by atoms with Gasteiger partial charge in [-0.15, -0.1) is 0 Å². The Morgan fingerprint density at radius 3 is 2.63 bits per heavy atom. The van der Waals surface area contributed by atoms with Gasteiger partial charge in [-0.25, -0.2) is 8.42 Å². The van der Waals surface area contributed by atoms with E-state index in [2.05, 4.69) is 10.6 Å². The molecule has 0 aromatic heterocycles. The number of sulfone groups is 1. The molecular weight excluding hydrogens is 404 g/mol. The van der Waals surface area contributed by atoms with E-state index in [1.807, 2.05) is 0 Å². The van der Waals surface area contributed by atoms with Gasteiger partial charge in [0.1, 0.15) is 16.7 Å². The molecule has 2 aromatic carbocycles. The lowest BCUT2D eigenvalue weighted by Gasteiger charge is -2.20. The number of fused-ring (bicyclic) bond motifs is 1. The summed E-state index contributed by atoms with van der Waals surface area (Å²) in [4.78, 5) is 12.5. The van der Waals surface area contributed by atoms with Crippen LogP contribution >= 0.6 is 24.0 Å². The number of hydrogen-bond donors (Lipinski definition) is 2. The summed E-state index contributed by atoms with van der Waals surface area (Å²) < 4.78 is 32.6. The summed E-state index contributed by atoms with van der Waals surface area (Å²) in [6, 6.07) is 13.1. The number of nitrogens with one attached hydrogen (secondary N) is 2. The van der Waals surface area contributed by atoms with Gasteiger partial charge in [0, 0.05) is 6.54 Å². The second-order valence-electron chi connectivity index (χ2n) is 5.80. The molecule has 1 amide bonds. The Hall–Kier alpha value is -2.36. The van der Waals surface area contributed by atoms with E-state index in [1.54, 1.807) is 36.4 Å². The van der Waals surface area contributed by atoms with Gasteiger partial charge in [0.15, 0.2) is 0 Å². The van der Waals surface area contributed by atoms with Crippen LogP contribution in [0, 0.1) is 0 Å². The Labute approximate surface area is 165 Å². The molecule has 0 saturated carbocycles. The van der Waals surface area contributed by atoms with Crippen LogP contribution in [0.5, 0.6) is 5.75 Å². The molecule has 0 unspecified atom stereocenters. The second-order valence-corrected chi connectivity index (χ2v) is 9.38. The average molecular weight is 419 g/mol. The molecule has 1 fully saturated rings. The SMILES string of the molecule is O=C1NC(=S)SC1=C(c1ccc2c(c1)NCCO2)S(=O)(=O)c1ccccc1. The van der Waals surface area contributed by atoms with Gasteiger partial charge in [-0.3, -0.25) is 4.79 Å². The third kappa shape index (κ3) is 3.33. The summed E-state index contributed by atoms with van der Waals surface area (Å²) >= 11 is 6.00. The standard InChI is InChI=1S/C18H14N2O4S3/c21-17-15(26-18(25)20-17)16(27(22,23)12-4-2-1-3-5-12)11-6-7-14-13(10-11)19-8-9-24-14/h1-7,10,19H,8-9H2,(H,20,21,25). The topological polar surface area (TPSA) is 84.5 Å². The molecule has 2 aliphatic heterocycles. The number of rotatable bonds is 3. The van der Waals surface area contributed by atoms with Crippen LogP contribution in [-0.4, -0.2) is 31.8 Å². The van der Waals surface area contributed by atoms with Crippen LogP contribution in [0.25, 0.3) is 4.91 Å². The van der Waals surface area contributed by atoms with Crippen LogP contribution in [0.2, 0.25) is 0 Å². The van der Waals surface area contributed by atoms with Crippen LogP contribution in [0.15, 0.2) is 58.3 Å². The zero-order valence-corrected chi connectivity index (χ0v) is 16.3. The highest BCUT2D eigenvalue weighted by molar-refractivity contribution is 8.27. The molecule has 27 heavy (non-hydrogen) atoms. The van der Waals surface area contributed by atoms with Crippen molar-refractivity contribution in [2.24, 2.45) is 0 Å². The monoisotopic (exact) mass is 418 g/mol. The molecule has 2 heterocycles. The van der Waals surface area contributed by atoms with E-state index < -0.39 is 15.7 Å². The number of ether oxygens (including phenoxy) is 1. The van der Waals surface area contributed by atoms with Gasteiger partial charge in [0.05, 0.1) is 20.4 Å². The van der Waals surface area contributed by atoms with Crippen LogP contribution in [0.4, 0.5) is 5.69 Å². The number of thioether (sulfide) groups is 1. The third-order valence-electron chi connectivity index (χ3n) is 4.06. The number of anilines is 1. The lowest BCUT2D eigenvalue weighted by molar-refractivity contribution is -0.115. The highest BCUT2D eigenvalue weighted by atomic mass is 32.2. The van der Waals surface area contributed by atoms with Gasteiger partial charge in [0.25, 0.3) is 5.91 Å². The molecule has 2 N–H and O–H groups in total. The van der Waals surface area contributed by atoms with Crippen LogP contribution in [0.1, 0.15) is 5.56 Å². The van der Waals surface area contributed by atoms with Gasteiger partial charge < -0.3 is 15.4 Å². The first-order chi connectivity index (χ1) is 13.0. The molecule has 2 aromatic rings. The van der Waals surface area contributed by atoms with Gasteiger partial charge in [-0.1, -0.05) is 42.2 Å². The maximum Gasteiger partial charge on any atom is 0.264 e. The largest absolute Gasteiger partial charge is 0.490 e. The smallest absolute Gasteiger partial charge is 0.264 e. The van der Waals surface area contributed by atoms with Crippen LogP contribution in [-0.2, 0) is 14.6 Å². The van der Waals surface area contributed by atoms with E-state index in [9.17, 15) is 13.2 Å². The third-order valence-corrected chi connectivity index (χ3v) is 7.29.